The van der Waals surface area contributed by atoms with Gasteiger partial charge in [-0.05, 0) is 330 Å². The van der Waals surface area contributed by atoms with E-state index < -0.39 is 16.2 Å². The van der Waals surface area contributed by atoms with Gasteiger partial charge in [-0.15, -0.1) is 0 Å². The lowest BCUT2D eigenvalue weighted by Gasteiger charge is -2.48. The third-order valence-corrected chi connectivity index (χ3v) is 33.1. The molecule has 0 radical (unpaired) electrons. The Morgan fingerprint density at radius 3 is 0.681 bits per heavy atom. The second-order valence-electron chi connectivity index (χ2n) is 40.0. The Hall–Kier alpha value is -14.6. The van der Waals surface area contributed by atoms with Crippen LogP contribution >= 0.6 is 0 Å². The lowest BCUT2D eigenvalue weighted by atomic mass is 9.58. The lowest BCUT2D eigenvalue weighted by Crippen LogP contribution is -2.39. The normalized spacial score (nSPS) is 14.8. The number of anilines is 9. The van der Waals surface area contributed by atoms with E-state index in [9.17, 15) is 0 Å². The first-order valence-electron chi connectivity index (χ1n) is 51.7. The molecule has 3 spiro atoms. The van der Waals surface area contributed by atoms with Crippen molar-refractivity contribution < 1.29 is 0 Å². The Bertz CT molecular complexity index is 7080. The number of benzene rings is 19. The quantitative estimate of drug-likeness (QED) is 0.0558. The van der Waals surface area contributed by atoms with Gasteiger partial charge in [-0.25, -0.2) is 0 Å². The number of fused-ring (bicyclic) bond motifs is 33. The van der Waals surface area contributed by atoms with Crippen LogP contribution in [0.5, 0.6) is 0 Å². The van der Waals surface area contributed by atoms with Gasteiger partial charge in [0.15, 0.2) is 0 Å². The van der Waals surface area contributed by atoms with Crippen LogP contribution in [0.2, 0.25) is 0 Å². The molecule has 0 aromatic heterocycles. The predicted octanol–water partition coefficient (Wildman–Crippen LogP) is 37.8. The Morgan fingerprint density at radius 1 is 0.203 bits per heavy atom. The molecule has 138 heavy (non-hydrogen) atoms. The predicted molar refractivity (Wildman–Crippen MR) is 583 cm³/mol. The molecular formula is C135H117N3. The van der Waals surface area contributed by atoms with E-state index in [0.29, 0.717) is 17.8 Å². The number of unbranched alkanes of at least 4 members (excludes halogenated alkanes) is 6. The summed E-state index contributed by atoms with van der Waals surface area (Å²) in [6.07, 6.45) is 17.9. The van der Waals surface area contributed by atoms with Crippen LogP contribution < -0.4 is 14.7 Å². The van der Waals surface area contributed by atoms with Crippen LogP contribution in [0.1, 0.15) is 239 Å². The van der Waals surface area contributed by atoms with Crippen LogP contribution in [0.15, 0.2) is 400 Å². The molecule has 3 unspecified atom stereocenters. The maximum Gasteiger partial charge on any atom is 0.0760 e. The molecule has 0 amide bonds. The summed E-state index contributed by atoms with van der Waals surface area (Å²) in [5.74, 6) is 1.42. The Morgan fingerprint density at radius 2 is 0.435 bits per heavy atom. The SMILES string of the molecule is CCCCCC(CC)c1ccc(N2c3ccccc3C3(c4cc(-c5cccc6ccccc56)ccc4-c4c3c3c(c5c4C4(c6cc(-c7cccc8ccccc78)ccc6-5)c5ccccc5N(c5ccc(C(CC)CCCCC)cc5)c5ccccc54)C4(c5cc(-c6cccc7ccccc67)ccc5-3)c3ccccc3N(c3ccc(C(CC)CCCCC)cc3)c3ccccc34)c3ccccc32)cc1. The number of rotatable bonds is 24. The third-order valence-electron chi connectivity index (χ3n) is 33.1. The van der Waals surface area contributed by atoms with Gasteiger partial charge in [-0.2, -0.15) is 0 Å². The van der Waals surface area contributed by atoms with Gasteiger partial charge in [0.25, 0.3) is 0 Å². The highest BCUT2D eigenvalue weighted by molar-refractivity contribution is 6.15. The van der Waals surface area contributed by atoms with Crippen molar-refractivity contribution >= 4 is 83.5 Å². The van der Waals surface area contributed by atoms with Gasteiger partial charge in [0.05, 0.1) is 50.4 Å². The lowest BCUT2D eigenvalue weighted by molar-refractivity contribution is 0.553. The standard InChI is InChI=1S/C135H117N3/c1-7-13-16-40-88(10-4)91-67-76-100(77-68-91)136-121-61-31-25-55-112(121)133(113-56-26-32-62-122(113)136)118-85-97(106-52-37-46-94-43-19-22-49-103(94)106)73-82-109(118)127-130(133)128-110-83-74-98(107-53-38-47-95-44-20-23-50-104(95)107)86-119(110)134(114-57-27-33-63-123(114)137(124-64-34-28-58-115(124)134)101-78-69-92(70-79-101)89(11-5)41-17-14-8-2)132(128)129-111-84-75-99(108-54-39-48-96-45-21-24-51-105(96)108)87-120(111)135(131(127)129)116-59-29-35-65-125(116)138(126-66-36-30-60-117(126)135)102-80-71-93(72-81-102)90(12-6)42-18-15-9-3/h19-39,43-90H,7-18,40-42H2,1-6H3. The van der Waals surface area contributed by atoms with E-state index >= 15 is 0 Å². The molecule has 3 aliphatic heterocycles. The van der Waals surface area contributed by atoms with Crippen molar-refractivity contribution in [3.8, 4) is 66.8 Å². The number of para-hydroxylation sites is 6. The fraction of sp³-hybridized carbons (Fsp3) is 0.200. The van der Waals surface area contributed by atoms with E-state index in [1.807, 2.05) is 0 Å². The summed E-state index contributed by atoms with van der Waals surface area (Å²) in [5, 5.41) is 7.35. The van der Waals surface area contributed by atoms with Gasteiger partial charge in [-0.1, -0.05) is 409 Å². The highest BCUT2D eigenvalue weighted by Crippen LogP contribution is 2.78. The van der Waals surface area contributed by atoms with Gasteiger partial charge < -0.3 is 14.7 Å². The fourth-order valence-electron chi connectivity index (χ4n) is 26.9. The van der Waals surface area contributed by atoms with Gasteiger partial charge in [-0.3, -0.25) is 0 Å². The van der Waals surface area contributed by atoms with E-state index in [4.69, 9.17) is 0 Å². The first-order valence-corrected chi connectivity index (χ1v) is 51.7. The molecule has 3 atom stereocenters. The molecule has 3 heteroatoms. The van der Waals surface area contributed by atoms with Crippen molar-refractivity contribution in [2.75, 3.05) is 14.7 Å². The Labute approximate surface area is 814 Å². The highest BCUT2D eigenvalue weighted by atomic mass is 15.2. The van der Waals surface area contributed by atoms with Gasteiger partial charge in [0.2, 0.25) is 0 Å². The summed E-state index contributed by atoms with van der Waals surface area (Å²) in [6, 6.07) is 160. The molecule has 19 aromatic rings. The van der Waals surface area contributed by atoms with Crippen molar-refractivity contribution in [3.63, 3.8) is 0 Å². The van der Waals surface area contributed by atoms with Gasteiger partial charge in [0, 0.05) is 17.1 Å². The number of hydrogen-bond acceptors (Lipinski definition) is 3. The molecular weight excluding hydrogens is 1660 g/mol. The molecule has 3 aliphatic carbocycles. The van der Waals surface area contributed by atoms with Crippen molar-refractivity contribution in [1.82, 2.24) is 0 Å². The molecule has 672 valence electrons. The molecule has 25 rings (SSSR count). The molecule has 0 saturated carbocycles. The maximum absolute atomic E-state index is 2.71. The monoisotopic (exact) mass is 1780 g/mol. The number of nitrogens with zero attached hydrogens (tertiary/aromatic N) is 3. The van der Waals surface area contributed by atoms with Gasteiger partial charge >= 0.3 is 0 Å². The molecule has 0 N–H and O–H groups in total. The number of hydrogen-bond donors (Lipinski definition) is 0. The van der Waals surface area contributed by atoms with Crippen molar-refractivity contribution in [3.05, 3.63) is 484 Å². The average molecular weight is 1780 g/mol. The van der Waals surface area contributed by atoms with E-state index in [1.54, 1.807) is 0 Å². The highest BCUT2D eigenvalue weighted by Gasteiger charge is 2.65. The summed E-state index contributed by atoms with van der Waals surface area (Å²) >= 11 is 0. The second kappa shape index (κ2) is 34.6. The summed E-state index contributed by atoms with van der Waals surface area (Å²) in [4.78, 5) is 7.97. The molecule has 0 saturated heterocycles. The van der Waals surface area contributed by atoms with Crippen LogP contribution in [0, 0.1) is 0 Å². The van der Waals surface area contributed by atoms with E-state index in [1.165, 1.54) is 294 Å². The van der Waals surface area contributed by atoms with Crippen LogP contribution in [-0.4, -0.2) is 0 Å². The molecule has 19 aromatic carbocycles. The average Bonchev–Trinajstić information content (AvgIpc) is 1.45. The molecule has 0 bridgehead atoms. The summed E-state index contributed by atoms with van der Waals surface area (Å²) in [5.41, 5.74) is 41.6. The molecule has 0 fully saturated rings. The zero-order valence-electron chi connectivity index (χ0n) is 80.3. The minimum atomic E-state index is -1.06. The Kier molecular flexibility index (Phi) is 21.3. The fourth-order valence-corrected chi connectivity index (χ4v) is 26.9. The topological polar surface area (TPSA) is 9.72 Å². The van der Waals surface area contributed by atoms with E-state index in [-0.39, 0.29) is 0 Å². The molecule has 3 nitrogen and oxygen atoms in total. The minimum Gasteiger partial charge on any atom is -0.310 e. The zero-order chi connectivity index (χ0) is 92.5. The summed E-state index contributed by atoms with van der Waals surface area (Å²) < 4.78 is 0. The van der Waals surface area contributed by atoms with Crippen molar-refractivity contribution in [2.24, 2.45) is 0 Å². The maximum atomic E-state index is 2.71. The van der Waals surface area contributed by atoms with E-state index in [0.717, 1.165) is 36.3 Å². The molecule has 6 aliphatic rings. The van der Waals surface area contributed by atoms with E-state index in [2.05, 4.69) is 457 Å². The first kappa shape index (κ1) is 85.1. The van der Waals surface area contributed by atoms with Gasteiger partial charge in [0.1, 0.15) is 0 Å². The third kappa shape index (κ3) is 12.7. The second-order valence-corrected chi connectivity index (χ2v) is 40.0. The first-order chi connectivity index (χ1) is 68.3. The van der Waals surface area contributed by atoms with Crippen LogP contribution in [-0.2, 0) is 16.2 Å². The van der Waals surface area contributed by atoms with Crippen LogP contribution in [0.3, 0.4) is 0 Å². The van der Waals surface area contributed by atoms with Crippen molar-refractivity contribution in [2.45, 2.75) is 172 Å². The summed E-state index contributed by atoms with van der Waals surface area (Å²) in [6.45, 7) is 14.2. The van der Waals surface area contributed by atoms with Crippen LogP contribution in [0.25, 0.3) is 99.1 Å². The minimum absolute atomic E-state index is 0.474. The Balaban J connectivity index is 0.880. The van der Waals surface area contributed by atoms with Crippen molar-refractivity contribution in [1.29, 1.82) is 0 Å². The molecule has 3 heterocycles. The largest absolute Gasteiger partial charge is 0.310 e. The smallest absolute Gasteiger partial charge is 0.0760 e. The zero-order valence-corrected chi connectivity index (χ0v) is 80.3. The summed E-state index contributed by atoms with van der Waals surface area (Å²) in [7, 11) is 0. The van der Waals surface area contributed by atoms with Crippen LogP contribution in [0.4, 0.5) is 51.2 Å².